The van der Waals surface area contributed by atoms with E-state index in [0.29, 0.717) is 0 Å². The lowest BCUT2D eigenvalue weighted by Crippen LogP contribution is -2.30. The van der Waals surface area contributed by atoms with Crippen LogP contribution in [0.1, 0.15) is 0 Å². The van der Waals surface area contributed by atoms with E-state index in [1.165, 1.54) is 0 Å². The minimum Gasteiger partial charge on any atom is -0.379 e. The molecule has 0 radical (unpaired) electrons. The van der Waals surface area contributed by atoms with Crippen LogP contribution in [-0.4, -0.2) is 32.4 Å². The van der Waals surface area contributed by atoms with Gasteiger partial charge in [-0.15, -0.1) is 0 Å². The van der Waals surface area contributed by atoms with Crippen LogP contribution in [-0.2, 0) is 9.53 Å². The Morgan fingerprint density at radius 2 is 1.89 bits per heavy atom. The van der Waals surface area contributed by atoms with Gasteiger partial charge in [-0.05, 0) is 0 Å². The topological polar surface area (TPSA) is 62.2 Å². The maximum Gasteiger partial charge on any atom is 0.231 e. The van der Waals surface area contributed by atoms with Crippen LogP contribution in [0.2, 0.25) is 0 Å². The lowest BCUT2D eigenvalue weighted by molar-refractivity contribution is 0.109. The molecule has 1 aliphatic heterocycles. The van der Waals surface area contributed by atoms with Crippen LogP contribution in [0.3, 0.4) is 0 Å². The quantitative estimate of drug-likeness (QED) is 0.343. The number of rotatable bonds is 0. The molecule has 4 heteroatoms. The molecule has 0 atom stereocenters. The third-order valence-electron chi connectivity index (χ3n) is 0.846. The van der Waals surface area contributed by atoms with Gasteiger partial charge in [-0.2, -0.15) is 0 Å². The van der Waals surface area contributed by atoms with Crippen molar-refractivity contribution in [3.8, 4) is 0 Å². The first-order valence-electron chi connectivity index (χ1n) is 2.74. The van der Waals surface area contributed by atoms with Crippen molar-refractivity contribution in [2.45, 2.75) is 0 Å². The Kier molecular flexibility index (Phi) is 6.73. The van der Waals surface area contributed by atoms with E-state index in [-0.39, 0.29) is 0 Å². The predicted octanol–water partition coefficient (Wildman–Crippen LogP) is -0.493. The Morgan fingerprint density at radius 3 is 2.00 bits per heavy atom. The largest absolute Gasteiger partial charge is 0.379 e. The number of hydrogen-bond acceptors (Lipinski definition) is 4. The summed E-state index contributed by atoms with van der Waals surface area (Å²) >= 11 is 0. The fraction of sp³-hybridized carbons (Fsp3) is 0.800. The number of morpholine rings is 1. The van der Waals surface area contributed by atoms with Gasteiger partial charge in [0.2, 0.25) is 6.08 Å². The molecule has 0 aromatic carbocycles. The summed E-state index contributed by atoms with van der Waals surface area (Å²) in [7, 11) is 0. The third-order valence-corrected chi connectivity index (χ3v) is 0.846. The molecule has 0 aromatic heterocycles. The number of ether oxygens (including phenoxy) is 1. The van der Waals surface area contributed by atoms with E-state index in [4.69, 9.17) is 14.9 Å². The SMILES string of the molecule is C1COCCN1.N=C=O. The van der Waals surface area contributed by atoms with Gasteiger partial charge in [-0.1, -0.05) is 0 Å². The summed E-state index contributed by atoms with van der Waals surface area (Å²) in [5, 5.41) is 8.56. The zero-order valence-corrected chi connectivity index (χ0v) is 5.14. The van der Waals surface area contributed by atoms with Gasteiger partial charge in [0.05, 0.1) is 13.2 Å². The smallest absolute Gasteiger partial charge is 0.231 e. The maximum atomic E-state index is 8.35. The molecule has 2 N–H and O–H groups in total. The molecule has 0 bridgehead atoms. The van der Waals surface area contributed by atoms with Crippen molar-refractivity contribution in [1.29, 1.82) is 5.41 Å². The molecule has 0 aliphatic carbocycles. The van der Waals surface area contributed by atoms with Crippen molar-refractivity contribution in [2.75, 3.05) is 26.3 Å². The maximum absolute atomic E-state index is 8.35. The van der Waals surface area contributed by atoms with Crippen LogP contribution in [0.15, 0.2) is 0 Å². The van der Waals surface area contributed by atoms with E-state index in [9.17, 15) is 0 Å². The number of nitrogens with one attached hydrogen (secondary N) is 2. The van der Waals surface area contributed by atoms with E-state index in [1.54, 1.807) is 0 Å². The van der Waals surface area contributed by atoms with Crippen LogP contribution in [0, 0.1) is 5.41 Å². The third kappa shape index (κ3) is 7.30. The molecule has 0 spiro atoms. The average Bonchev–Trinajstić information content (AvgIpc) is 1.93. The van der Waals surface area contributed by atoms with Crippen molar-refractivity contribution in [3.63, 3.8) is 0 Å². The van der Waals surface area contributed by atoms with E-state index in [1.807, 2.05) is 0 Å². The monoisotopic (exact) mass is 130 g/mol. The van der Waals surface area contributed by atoms with Crippen LogP contribution in [0.4, 0.5) is 0 Å². The number of carbonyl (C=O) groups excluding carboxylic acids is 1. The summed E-state index contributed by atoms with van der Waals surface area (Å²) in [5.74, 6) is 0. The first-order chi connectivity index (χ1) is 4.41. The Morgan fingerprint density at radius 1 is 1.44 bits per heavy atom. The van der Waals surface area contributed by atoms with E-state index >= 15 is 0 Å². The average molecular weight is 130 g/mol. The molecule has 1 fully saturated rings. The van der Waals surface area contributed by atoms with E-state index < -0.39 is 0 Å². The molecular weight excluding hydrogens is 120 g/mol. The zero-order valence-electron chi connectivity index (χ0n) is 5.14. The highest BCUT2D eigenvalue weighted by atomic mass is 16.5. The van der Waals surface area contributed by atoms with Crippen LogP contribution < -0.4 is 5.32 Å². The van der Waals surface area contributed by atoms with E-state index in [0.717, 1.165) is 32.4 Å². The summed E-state index contributed by atoms with van der Waals surface area (Å²) in [4.78, 5) is 8.35. The van der Waals surface area contributed by atoms with Crippen LogP contribution >= 0.6 is 0 Å². The van der Waals surface area contributed by atoms with Crippen molar-refractivity contribution in [2.24, 2.45) is 0 Å². The highest BCUT2D eigenvalue weighted by Gasteiger charge is 1.92. The van der Waals surface area contributed by atoms with Gasteiger partial charge >= 0.3 is 0 Å². The minimum absolute atomic E-state index is 0.750. The summed E-state index contributed by atoms with van der Waals surface area (Å²) in [5.41, 5.74) is 0. The first-order valence-corrected chi connectivity index (χ1v) is 2.74. The number of hydrogen-bond donors (Lipinski definition) is 2. The number of isocyanates is 1. The summed E-state index contributed by atoms with van der Waals surface area (Å²) in [6.45, 7) is 3.83. The molecular formula is C5H10N2O2. The fourth-order valence-corrected chi connectivity index (χ4v) is 0.516. The molecule has 1 heterocycles. The van der Waals surface area contributed by atoms with Crippen LogP contribution in [0.25, 0.3) is 0 Å². The second-order valence-electron chi connectivity index (χ2n) is 1.46. The fourth-order valence-electron chi connectivity index (χ4n) is 0.516. The highest BCUT2D eigenvalue weighted by Crippen LogP contribution is 1.76. The van der Waals surface area contributed by atoms with Gasteiger partial charge < -0.3 is 10.1 Å². The van der Waals surface area contributed by atoms with Gasteiger partial charge in [0, 0.05) is 13.1 Å². The van der Waals surface area contributed by atoms with Gasteiger partial charge in [0.15, 0.2) is 0 Å². The molecule has 0 amide bonds. The first kappa shape index (κ1) is 8.30. The lowest BCUT2D eigenvalue weighted by atomic mass is 10.5. The Bertz CT molecular complexity index is 73.4. The normalized spacial score (nSPS) is 16.9. The highest BCUT2D eigenvalue weighted by molar-refractivity contribution is 5.26. The summed E-state index contributed by atoms with van der Waals surface area (Å²) in [6.07, 6.45) is 0.750. The molecule has 1 aliphatic rings. The van der Waals surface area contributed by atoms with Crippen molar-refractivity contribution >= 4 is 6.08 Å². The summed E-state index contributed by atoms with van der Waals surface area (Å²) in [6, 6.07) is 0. The zero-order chi connectivity index (χ0) is 6.95. The van der Waals surface area contributed by atoms with Gasteiger partial charge in [0.1, 0.15) is 0 Å². The Labute approximate surface area is 53.7 Å². The van der Waals surface area contributed by atoms with Gasteiger partial charge in [-0.25, -0.2) is 10.2 Å². The predicted molar refractivity (Wildman–Crippen MR) is 32.1 cm³/mol. The Hall–Kier alpha value is -0.700. The lowest BCUT2D eigenvalue weighted by Gasteiger charge is -2.10. The molecule has 0 saturated carbocycles. The van der Waals surface area contributed by atoms with Crippen molar-refractivity contribution in [3.05, 3.63) is 0 Å². The van der Waals surface area contributed by atoms with E-state index in [2.05, 4.69) is 5.32 Å². The molecule has 9 heavy (non-hydrogen) atoms. The molecule has 0 unspecified atom stereocenters. The Balaban J connectivity index is 0.000000187. The standard InChI is InChI=1S/C4H9NO.CHNO/c1-3-6-4-2-5-1;2-1-3/h5H,1-4H2;2H. The molecule has 1 rings (SSSR count). The van der Waals surface area contributed by atoms with Gasteiger partial charge in [-0.3, -0.25) is 0 Å². The van der Waals surface area contributed by atoms with Crippen LogP contribution in [0.5, 0.6) is 0 Å². The molecule has 0 aromatic rings. The summed E-state index contributed by atoms with van der Waals surface area (Å²) < 4.78 is 5.01. The van der Waals surface area contributed by atoms with Crippen molar-refractivity contribution in [1.82, 2.24) is 5.32 Å². The molecule has 4 nitrogen and oxygen atoms in total. The second kappa shape index (κ2) is 7.30. The molecule has 1 saturated heterocycles. The second-order valence-corrected chi connectivity index (χ2v) is 1.46. The minimum atomic E-state index is 0.750. The molecule has 52 valence electrons. The van der Waals surface area contributed by atoms with Crippen molar-refractivity contribution < 1.29 is 9.53 Å². The van der Waals surface area contributed by atoms with Gasteiger partial charge in [0.25, 0.3) is 0 Å².